The molecule has 1 heterocycles. The van der Waals surface area contributed by atoms with Gasteiger partial charge in [0.1, 0.15) is 24.0 Å². The van der Waals surface area contributed by atoms with Gasteiger partial charge in [0.15, 0.2) is 11.6 Å². The Hall–Kier alpha value is -4.20. The number of amides is 1. The molecule has 174 valence electrons. The number of rotatable bonds is 7. The van der Waals surface area contributed by atoms with Crippen LogP contribution in [0.2, 0.25) is 0 Å². The van der Waals surface area contributed by atoms with E-state index in [-0.39, 0.29) is 17.6 Å². The van der Waals surface area contributed by atoms with Gasteiger partial charge in [-0.1, -0.05) is 24.3 Å². The van der Waals surface area contributed by atoms with E-state index in [0.717, 1.165) is 16.5 Å². The average molecular weight is 465 g/mol. The normalized spacial score (nSPS) is 11.9. The van der Waals surface area contributed by atoms with Gasteiger partial charge in [-0.15, -0.1) is 0 Å². The first-order valence-corrected chi connectivity index (χ1v) is 10.4. The quantitative estimate of drug-likeness (QED) is 0.390. The minimum absolute atomic E-state index is 0.0770. The van der Waals surface area contributed by atoms with Crippen molar-refractivity contribution in [1.29, 1.82) is 0 Å². The van der Waals surface area contributed by atoms with Crippen LogP contribution < -0.4 is 4.74 Å². The van der Waals surface area contributed by atoms with Crippen LogP contribution in [0.5, 0.6) is 5.75 Å². The third-order valence-electron chi connectivity index (χ3n) is 5.63. The van der Waals surface area contributed by atoms with E-state index in [1.165, 1.54) is 26.3 Å². The number of hydrogen-bond donors (Lipinski definition) is 1. The molecule has 0 saturated heterocycles. The highest BCUT2D eigenvalue weighted by Crippen LogP contribution is 2.33. The van der Waals surface area contributed by atoms with Crippen molar-refractivity contribution in [3.05, 3.63) is 89.7 Å². The summed E-state index contributed by atoms with van der Waals surface area (Å²) >= 11 is 0. The van der Waals surface area contributed by atoms with Gasteiger partial charge in [0.2, 0.25) is 0 Å². The molecule has 1 aromatic heterocycles. The number of furan rings is 1. The Morgan fingerprint density at radius 2 is 1.82 bits per heavy atom. The second kappa shape index (κ2) is 9.35. The van der Waals surface area contributed by atoms with E-state index in [1.807, 2.05) is 0 Å². The predicted octanol–water partition coefficient (Wildman–Crippen LogP) is 5.50. The topological polar surface area (TPSA) is 80.0 Å². The van der Waals surface area contributed by atoms with Gasteiger partial charge >= 0.3 is 5.97 Å². The average Bonchev–Trinajstić information content (AvgIpc) is 3.34. The lowest BCUT2D eigenvalue weighted by molar-refractivity contribution is -0.141. The highest BCUT2D eigenvalue weighted by atomic mass is 19.2. The van der Waals surface area contributed by atoms with Gasteiger partial charge < -0.3 is 19.2 Å². The summed E-state index contributed by atoms with van der Waals surface area (Å²) in [7, 11) is 1.44. The SMILES string of the molecule is C[C@@H](C(=O)O)N(C)C(=O)c1cccc(COc2ccc(-c3cc(F)c(F)c4ccoc34)cc2)c1. The molecule has 0 radical (unpaired) electrons. The van der Waals surface area contributed by atoms with Crippen molar-refractivity contribution in [1.82, 2.24) is 4.90 Å². The Kier molecular flexibility index (Phi) is 6.32. The minimum Gasteiger partial charge on any atom is -0.489 e. The summed E-state index contributed by atoms with van der Waals surface area (Å²) in [5.41, 5.74) is 2.40. The van der Waals surface area contributed by atoms with Gasteiger partial charge in [0, 0.05) is 18.2 Å². The number of hydrogen-bond acceptors (Lipinski definition) is 4. The standard InChI is InChI=1S/C26H21F2NO5/c1-15(26(31)32)29(2)25(30)18-5-3-4-16(12-18)14-34-19-8-6-17(7-9-19)21-13-22(27)23(28)20-10-11-33-24(20)21/h3-13,15H,14H2,1-2H3,(H,31,32)/t15-/m0/s1. The van der Waals surface area contributed by atoms with Crippen LogP contribution in [0.1, 0.15) is 22.8 Å². The smallest absolute Gasteiger partial charge is 0.326 e. The highest BCUT2D eigenvalue weighted by molar-refractivity contribution is 5.96. The number of carbonyl (C=O) groups excluding carboxylic acids is 1. The Bertz CT molecular complexity index is 1360. The van der Waals surface area contributed by atoms with Gasteiger partial charge in [-0.25, -0.2) is 13.6 Å². The van der Waals surface area contributed by atoms with E-state index < -0.39 is 29.6 Å². The van der Waals surface area contributed by atoms with Crippen molar-refractivity contribution in [2.45, 2.75) is 19.6 Å². The summed E-state index contributed by atoms with van der Waals surface area (Å²) in [5, 5.41) is 9.19. The number of halogens is 2. The molecule has 0 aliphatic rings. The van der Waals surface area contributed by atoms with Gasteiger partial charge in [-0.05, 0) is 54.4 Å². The van der Waals surface area contributed by atoms with Crippen molar-refractivity contribution >= 4 is 22.8 Å². The largest absolute Gasteiger partial charge is 0.489 e. The molecule has 1 N–H and O–H groups in total. The van der Waals surface area contributed by atoms with Gasteiger partial charge in [-0.3, -0.25) is 4.79 Å². The van der Waals surface area contributed by atoms with E-state index >= 15 is 0 Å². The molecule has 0 unspecified atom stereocenters. The predicted molar refractivity (Wildman–Crippen MR) is 122 cm³/mol. The van der Waals surface area contributed by atoms with E-state index in [2.05, 4.69) is 0 Å². The van der Waals surface area contributed by atoms with Crippen molar-refractivity contribution < 1.29 is 32.6 Å². The molecule has 3 aromatic carbocycles. The lowest BCUT2D eigenvalue weighted by Gasteiger charge is -2.21. The molecule has 0 saturated carbocycles. The fourth-order valence-corrected chi connectivity index (χ4v) is 3.53. The van der Waals surface area contributed by atoms with E-state index in [9.17, 15) is 18.4 Å². The number of nitrogens with zero attached hydrogens (tertiary/aromatic N) is 1. The Balaban J connectivity index is 1.47. The fraction of sp³-hybridized carbons (Fsp3) is 0.154. The number of fused-ring (bicyclic) bond motifs is 1. The summed E-state index contributed by atoms with van der Waals surface area (Å²) in [6.07, 6.45) is 1.31. The molecule has 1 amide bonds. The van der Waals surface area contributed by atoms with Crippen molar-refractivity contribution in [3.63, 3.8) is 0 Å². The second-order valence-electron chi connectivity index (χ2n) is 7.83. The number of carboxylic acids is 1. The summed E-state index contributed by atoms with van der Waals surface area (Å²) in [6.45, 7) is 1.61. The zero-order chi connectivity index (χ0) is 24.4. The van der Waals surface area contributed by atoms with Gasteiger partial charge in [-0.2, -0.15) is 0 Å². The summed E-state index contributed by atoms with van der Waals surface area (Å²) in [5.74, 6) is -2.86. The summed E-state index contributed by atoms with van der Waals surface area (Å²) in [6, 6.07) is 15.1. The molecule has 34 heavy (non-hydrogen) atoms. The maximum absolute atomic E-state index is 14.0. The van der Waals surface area contributed by atoms with Crippen LogP contribution in [0.25, 0.3) is 22.1 Å². The Morgan fingerprint density at radius 3 is 2.53 bits per heavy atom. The van der Waals surface area contributed by atoms with E-state index in [0.29, 0.717) is 22.4 Å². The zero-order valence-corrected chi connectivity index (χ0v) is 18.4. The molecule has 6 nitrogen and oxygen atoms in total. The maximum Gasteiger partial charge on any atom is 0.326 e. The maximum atomic E-state index is 14.0. The molecule has 0 fully saturated rings. The Morgan fingerprint density at radius 1 is 1.09 bits per heavy atom. The van der Waals surface area contributed by atoms with Crippen LogP contribution >= 0.6 is 0 Å². The lowest BCUT2D eigenvalue weighted by atomic mass is 10.0. The van der Waals surface area contributed by atoms with Gasteiger partial charge in [0.25, 0.3) is 5.91 Å². The lowest BCUT2D eigenvalue weighted by Crippen LogP contribution is -2.40. The number of benzene rings is 3. The third-order valence-corrected chi connectivity index (χ3v) is 5.63. The van der Waals surface area contributed by atoms with Crippen LogP contribution in [0, 0.1) is 11.6 Å². The zero-order valence-electron chi connectivity index (χ0n) is 18.4. The first-order chi connectivity index (χ1) is 16.3. The summed E-state index contributed by atoms with van der Waals surface area (Å²) < 4.78 is 39.1. The second-order valence-corrected chi connectivity index (χ2v) is 7.83. The molecule has 0 aliphatic carbocycles. The molecule has 0 spiro atoms. The van der Waals surface area contributed by atoms with Crippen LogP contribution in [0.4, 0.5) is 8.78 Å². The monoisotopic (exact) mass is 465 g/mol. The fourth-order valence-electron chi connectivity index (χ4n) is 3.53. The molecule has 1 atom stereocenters. The van der Waals surface area contributed by atoms with Gasteiger partial charge in [0.05, 0.1) is 11.6 Å². The highest BCUT2D eigenvalue weighted by Gasteiger charge is 2.23. The van der Waals surface area contributed by atoms with E-state index in [1.54, 1.807) is 48.5 Å². The van der Waals surface area contributed by atoms with E-state index in [4.69, 9.17) is 14.3 Å². The molecule has 4 aromatic rings. The Labute approximate surface area is 194 Å². The third kappa shape index (κ3) is 4.47. The molecule has 0 aliphatic heterocycles. The molecular formula is C26H21F2NO5. The molecular weight excluding hydrogens is 444 g/mol. The number of aliphatic carboxylic acids is 1. The first-order valence-electron chi connectivity index (χ1n) is 10.4. The molecule has 8 heteroatoms. The number of likely N-dealkylation sites (N-methyl/N-ethyl adjacent to an activating group) is 1. The number of ether oxygens (including phenoxy) is 1. The number of carbonyl (C=O) groups is 2. The first kappa shape index (κ1) is 23.0. The molecule has 0 bridgehead atoms. The summed E-state index contributed by atoms with van der Waals surface area (Å²) in [4.78, 5) is 24.9. The number of carboxylic acid groups (broad SMARTS) is 1. The van der Waals surface area contributed by atoms with Crippen LogP contribution in [0.3, 0.4) is 0 Å². The van der Waals surface area contributed by atoms with Crippen LogP contribution in [0.15, 0.2) is 71.3 Å². The van der Waals surface area contributed by atoms with Crippen LogP contribution in [-0.4, -0.2) is 35.0 Å². The molecule has 4 rings (SSSR count). The minimum atomic E-state index is -1.09. The van der Waals surface area contributed by atoms with Crippen molar-refractivity contribution in [3.8, 4) is 16.9 Å². The van der Waals surface area contributed by atoms with Crippen molar-refractivity contribution in [2.75, 3.05) is 7.05 Å². The van der Waals surface area contributed by atoms with Crippen LogP contribution in [-0.2, 0) is 11.4 Å². The van der Waals surface area contributed by atoms with Crippen molar-refractivity contribution in [2.24, 2.45) is 0 Å².